The zero-order chi connectivity index (χ0) is 13.3. The van der Waals surface area contributed by atoms with Gasteiger partial charge in [0.2, 0.25) is 0 Å². The summed E-state index contributed by atoms with van der Waals surface area (Å²) < 4.78 is 0. The lowest BCUT2D eigenvalue weighted by Crippen LogP contribution is -2.31. The molecule has 2 rings (SSSR count). The van der Waals surface area contributed by atoms with Gasteiger partial charge in [0, 0.05) is 24.3 Å². The van der Waals surface area contributed by atoms with Gasteiger partial charge in [0.05, 0.1) is 10.6 Å². The van der Waals surface area contributed by atoms with E-state index in [2.05, 4.69) is 4.99 Å². The van der Waals surface area contributed by atoms with E-state index < -0.39 is 16.9 Å². The zero-order valence-corrected chi connectivity index (χ0v) is 9.31. The maximum absolute atomic E-state index is 10.7. The van der Waals surface area contributed by atoms with E-state index in [1.165, 1.54) is 12.1 Å². The highest BCUT2D eigenvalue weighted by atomic mass is 16.6. The summed E-state index contributed by atoms with van der Waals surface area (Å²) >= 11 is 0. The summed E-state index contributed by atoms with van der Waals surface area (Å²) in [5.41, 5.74) is 6.70. The van der Waals surface area contributed by atoms with Gasteiger partial charge in [-0.15, -0.1) is 0 Å². The second-order valence-corrected chi connectivity index (χ2v) is 4.07. The molecule has 0 saturated heterocycles. The minimum absolute atomic E-state index is 0.0341. The van der Waals surface area contributed by atoms with Crippen molar-refractivity contribution >= 4 is 23.6 Å². The summed E-state index contributed by atoms with van der Waals surface area (Å²) in [5.74, 6) is -1.38. The Bertz CT molecular complexity index is 541. The fourth-order valence-corrected chi connectivity index (χ4v) is 1.88. The molecule has 18 heavy (non-hydrogen) atoms. The van der Waals surface area contributed by atoms with Crippen molar-refractivity contribution in [1.29, 1.82) is 0 Å². The molecule has 0 amide bonds. The highest BCUT2D eigenvalue weighted by Gasteiger charge is 2.25. The molecule has 7 nitrogen and oxygen atoms in total. The molecule has 1 aliphatic rings. The molecule has 0 unspecified atom stereocenters. The second-order valence-electron chi connectivity index (χ2n) is 4.07. The van der Waals surface area contributed by atoms with E-state index in [4.69, 9.17) is 10.8 Å². The average molecular weight is 249 g/mol. The number of non-ortho nitro benzene ring substituents is 1. The lowest BCUT2D eigenvalue weighted by molar-refractivity contribution is -0.384. The van der Waals surface area contributed by atoms with Gasteiger partial charge in [-0.2, -0.15) is 0 Å². The van der Waals surface area contributed by atoms with Crippen molar-refractivity contribution in [1.82, 2.24) is 0 Å². The molecule has 0 bridgehead atoms. The van der Waals surface area contributed by atoms with Crippen molar-refractivity contribution in [2.24, 2.45) is 10.7 Å². The first-order valence-electron chi connectivity index (χ1n) is 5.30. The van der Waals surface area contributed by atoms with Crippen LogP contribution >= 0.6 is 0 Å². The van der Waals surface area contributed by atoms with E-state index >= 15 is 0 Å². The summed E-state index contributed by atoms with van der Waals surface area (Å²) in [6.45, 7) is 0. The van der Waals surface area contributed by atoms with Gasteiger partial charge in [-0.3, -0.25) is 19.9 Å². The van der Waals surface area contributed by atoms with Crippen molar-refractivity contribution in [2.45, 2.75) is 18.4 Å². The Morgan fingerprint density at radius 1 is 1.61 bits per heavy atom. The number of carbonyl (C=O) groups is 1. The summed E-state index contributed by atoms with van der Waals surface area (Å²) in [4.78, 5) is 25.0. The Morgan fingerprint density at radius 3 is 2.94 bits per heavy atom. The number of fused-ring (bicyclic) bond motifs is 1. The van der Waals surface area contributed by atoms with Gasteiger partial charge >= 0.3 is 5.97 Å². The Hall–Kier alpha value is -2.28. The molecule has 94 valence electrons. The van der Waals surface area contributed by atoms with Crippen LogP contribution in [-0.2, 0) is 4.79 Å². The summed E-state index contributed by atoms with van der Waals surface area (Å²) in [5, 5.41) is 19.4. The monoisotopic (exact) mass is 249 g/mol. The molecule has 3 N–H and O–H groups in total. The standard InChI is InChI=1S/C11H11N3O4/c12-9(11(15)16)3-6-5-13-10-2-1-7(14(17)18)4-8(6)10/h1-2,4-6,9H,3,12H2,(H,15,16)/t6-,9+/m1/s1. The first-order chi connectivity index (χ1) is 8.49. The third-order valence-electron chi connectivity index (χ3n) is 2.84. The molecule has 1 heterocycles. The van der Waals surface area contributed by atoms with Crippen LogP contribution in [0.15, 0.2) is 23.2 Å². The summed E-state index contributed by atoms with van der Waals surface area (Å²) in [6.07, 6.45) is 1.75. The number of hydrogen-bond acceptors (Lipinski definition) is 5. The number of nitro groups is 1. The van der Waals surface area contributed by atoms with Gasteiger partial charge < -0.3 is 10.8 Å². The molecular formula is C11H11N3O4. The molecule has 7 heteroatoms. The van der Waals surface area contributed by atoms with E-state index in [1.54, 1.807) is 12.3 Å². The van der Waals surface area contributed by atoms with Gasteiger partial charge in [0.1, 0.15) is 6.04 Å². The number of carboxylic acids is 1. The molecule has 0 saturated carbocycles. The number of hydrogen-bond donors (Lipinski definition) is 2. The maximum Gasteiger partial charge on any atom is 0.320 e. The number of nitro benzene ring substituents is 1. The first-order valence-corrected chi connectivity index (χ1v) is 5.30. The molecule has 1 aromatic carbocycles. The highest BCUT2D eigenvalue weighted by molar-refractivity contribution is 5.83. The molecule has 0 aromatic heterocycles. The van der Waals surface area contributed by atoms with Crippen LogP contribution in [0.4, 0.5) is 11.4 Å². The van der Waals surface area contributed by atoms with E-state index in [0.29, 0.717) is 11.3 Å². The van der Waals surface area contributed by atoms with Crippen LogP contribution in [0.1, 0.15) is 17.9 Å². The van der Waals surface area contributed by atoms with E-state index in [-0.39, 0.29) is 18.0 Å². The van der Waals surface area contributed by atoms with Crippen molar-refractivity contribution in [2.75, 3.05) is 0 Å². The fraction of sp³-hybridized carbons (Fsp3) is 0.273. The molecule has 0 aliphatic carbocycles. The maximum atomic E-state index is 10.7. The van der Waals surface area contributed by atoms with Crippen LogP contribution in [-0.4, -0.2) is 28.3 Å². The molecule has 1 aliphatic heterocycles. The minimum atomic E-state index is -1.10. The molecule has 2 atom stereocenters. The summed E-state index contributed by atoms with van der Waals surface area (Å²) in [7, 11) is 0. The van der Waals surface area contributed by atoms with Crippen molar-refractivity contribution in [3.63, 3.8) is 0 Å². The second kappa shape index (κ2) is 4.53. The fourth-order valence-electron chi connectivity index (χ4n) is 1.88. The highest BCUT2D eigenvalue weighted by Crippen LogP contribution is 2.36. The van der Waals surface area contributed by atoms with Crippen LogP contribution in [0.25, 0.3) is 0 Å². The molecule has 0 fully saturated rings. The molecule has 0 spiro atoms. The number of benzene rings is 1. The van der Waals surface area contributed by atoms with Crippen LogP contribution in [0.5, 0.6) is 0 Å². The van der Waals surface area contributed by atoms with Gasteiger partial charge in [-0.1, -0.05) is 0 Å². The number of aliphatic imine (C=N–C) groups is 1. The average Bonchev–Trinajstić information content (AvgIpc) is 2.71. The normalized spacial score (nSPS) is 18.4. The third-order valence-corrected chi connectivity index (χ3v) is 2.84. The van der Waals surface area contributed by atoms with Crippen LogP contribution in [0, 0.1) is 10.1 Å². The Kier molecular flexibility index (Phi) is 3.07. The van der Waals surface area contributed by atoms with E-state index in [9.17, 15) is 14.9 Å². The van der Waals surface area contributed by atoms with Crippen LogP contribution < -0.4 is 5.73 Å². The number of aliphatic carboxylic acids is 1. The largest absolute Gasteiger partial charge is 0.480 e. The molecule has 1 aromatic rings. The van der Waals surface area contributed by atoms with Crippen molar-refractivity contribution in [3.05, 3.63) is 33.9 Å². The smallest absolute Gasteiger partial charge is 0.320 e. The quantitative estimate of drug-likeness (QED) is 0.613. The molecule has 0 radical (unpaired) electrons. The predicted octanol–water partition coefficient (Wildman–Crippen LogP) is 1.20. The Morgan fingerprint density at radius 2 is 2.33 bits per heavy atom. The predicted molar refractivity (Wildman–Crippen MR) is 64.2 cm³/mol. The number of nitrogens with two attached hydrogens (primary N) is 1. The van der Waals surface area contributed by atoms with Crippen LogP contribution in [0.3, 0.4) is 0 Å². The Labute approximate surface area is 102 Å². The van der Waals surface area contributed by atoms with Gasteiger partial charge in [-0.05, 0) is 18.1 Å². The van der Waals surface area contributed by atoms with Crippen molar-refractivity contribution in [3.8, 4) is 0 Å². The first kappa shape index (κ1) is 12.2. The minimum Gasteiger partial charge on any atom is -0.480 e. The van der Waals surface area contributed by atoms with E-state index in [1.807, 2.05) is 0 Å². The SMILES string of the molecule is N[C@@H](C[C@@H]1C=Nc2ccc([N+](=O)[O-])cc21)C(=O)O. The van der Waals surface area contributed by atoms with Gasteiger partial charge in [-0.25, -0.2) is 0 Å². The van der Waals surface area contributed by atoms with Crippen LogP contribution in [0.2, 0.25) is 0 Å². The van der Waals surface area contributed by atoms with Gasteiger partial charge in [0.15, 0.2) is 0 Å². The third kappa shape index (κ3) is 2.21. The Balaban J connectivity index is 2.25. The van der Waals surface area contributed by atoms with E-state index in [0.717, 1.165) is 0 Å². The van der Waals surface area contributed by atoms with Crippen molar-refractivity contribution < 1.29 is 14.8 Å². The number of rotatable bonds is 4. The van der Waals surface area contributed by atoms with Gasteiger partial charge in [0.25, 0.3) is 5.69 Å². The summed E-state index contributed by atoms with van der Waals surface area (Å²) in [6, 6.07) is 3.33. The number of carboxylic acid groups (broad SMARTS) is 1. The lowest BCUT2D eigenvalue weighted by Gasteiger charge is -2.12. The zero-order valence-electron chi connectivity index (χ0n) is 9.31. The molecular weight excluding hydrogens is 238 g/mol. The lowest BCUT2D eigenvalue weighted by atomic mass is 9.94. The number of nitrogens with zero attached hydrogens (tertiary/aromatic N) is 2. The topological polar surface area (TPSA) is 119 Å².